The first kappa shape index (κ1) is 19.8. The molecule has 4 nitrogen and oxygen atoms in total. The molecule has 0 aliphatic carbocycles. The van der Waals surface area contributed by atoms with Gasteiger partial charge in [-0.3, -0.25) is 4.90 Å². The van der Waals surface area contributed by atoms with Crippen LogP contribution in [0.15, 0.2) is 47.4 Å². The molecule has 0 saturated carbocycles. The van der Waals surface area contributed by atoms with Crippen LogP contribution in [0.25, 0.3) is 0 Å². The maximum atomic E-state index is 6.43. The van der Waals surface area contributed by atoms with Gasteiger partial charge in [-0.1, -0.05) is 41.4 Å². The molecule has 2 aromatic rings. The standard InChI is InChI=1S/C18H21BCl2N2O2/c1-4-24-19(25-5-2)23-18(14-8-6-7-9-16(14)21)15-12-13(20)10-11-17(15)22-3/h6-12,22H,4-5H2,1-3H3/b23-18+. The van der Waals surface area contributed by atoms with Crippen LogP contribution in [0.1, 0.15) is 25.0 Å². The first-order valence-electron chi connectivity index (χ1n) is 8.14. The number of halogens is 2. The lowest BCUT2D eigenvalue weighted by Crippen LogP contribution is -2.24. The minimum atomic E-state index is -0.718. The minimum absolute atomic E-state index is 0.485. The van der Waals surface area contributed by atoms with Gasteiger partial charge in [0.2, 0.25) is 0 Å². The summed E-state index contributed by atoms with van der Waals surface area (Å²) in [5.41, 5.74) is 3.15. The third-order valence-corrected chi connectivity index (χ3v) is 4.05. The summed E-state index contributed by atoms with van der Waals surface area (Å²) < 4.78 is 11.2. The van der Waals surface area contributed by atoms with E-state index in [2.05, 4.69) is 5.32 Å². The Morgan fingerprint density at radius 2 is 1.72 bits per heavy atom. The molecule has 25 heavy (non-hydrogen) atoms. The van der Waals surface area contributed by atoms with Crippen molar-refractivity contribution < 1.29 is 9.31 Å². The number of hydrogen-bond donors (Lipinski definition) is 1. The third-order valence-electron chi connectivity index (χ3n) is 3.49. The van der Waals surface area contributed by atoms with Crippen LogP contribution in [0.3, 0.4) is 0 Å². The number of hydrogen-bond acceptors (Lipinski definition) is 4. The molecule has 0 spiro atoms. The molecule has 0 atom stereocenters. The van der Waals surface area contributed by atoms with Gasteiger partial charge in [0.05, 0.1) is 5.71 Å². The fraction of sp³-hybridized carbons (Fsp3) is 0.278. The highest BCUT2D eigenvalue weighted by Crippen LogP contribution is 2.27. The van der Waals surface area contributed by atoms with Crippen molar-refractivity contribution in [2.75, 3.05) is 25.6 Å². The zero-order valence-electron chi connectivity index (χ0n) is 14.6. The Balaban J connectivity index is 2.65. The monoisotopic (exact) mass is 378 g/mol. The van der Waals surface area contributed by atoms with Gasteiger partial charge < -0.3 is 14.6 Å². The quantitative estimate of drug-likeness (QED) is 0.523. The van der Waals surface area contributed by atoms with Gasteiger partial charge in [-0.05, 0) is 38.1 Å². The van der Waals surface area contributed by atoms with E-state index in [1.54, 1.807) is 0 Å². The van der Waals surface area contributed by atoms with Crippen LogP contribution in [0.5, 0.6) is 0 Å². The molecule has 0 saturated heterocycles. The average molecular weight is 379 g/mol. The summed E-state index contributed by atoms with van der Waals surface area (Å²) in [6, 6.07) is 13.1. The zero-order chi connectivity index (χ0) is 18.2. The van der Waals surface area contributed by atoms with Crippen LogP contribution in [0.2, 0.25) is 10.0 Å². The first-order valence-corrected chi connectivity index (χ1v) is 8.89. The summed E-state index contributed by atoms with van der Waals surface area (Å²) in [7, 11) is 1.13. The van der Waals surface area contributed by atoms with Crippen molar-refractivity contribution in [1.82, 2.24) is 0 Å². The Morgan fingerprint density at radius 3 is 2.32 bits per heavy atom. The van der Waals surface area contributed by atoms with Crippen molar-refractivity contribution in [1.29, 1.82) is 0 Å². The lowest BCUT2D eigenvalue weighted by Gasteiger charge is -2.16. The summed E-state index contributed by atoms with van der Waals surface area (Å²) in [6.45, 7) is 4.76. The summed E-state index contributed by atoms with van der Waals surface area (Å²) in [6.07, 6.45) is 0. The van der Waals surface area contributed by atoms with Gasteiger partial charge in [0.1, 0.15) is 0 Å². The molecule has 0 fully saturated rings. The molecule has 0 bridgehead atoms. The Bertz CT molecular complexity index is 735. The molecule has 132 valence electrons. The SMILES string of the molecule is CCOB(/N=C(\c1ccccc1Cl)c1cc(Cl)ccc1NC)OCC. The molecule has 0 aliphatic rings. The fourth-order valence-corrected chi connectivity index (χ4v) is 2.78. The normalized spacial score (nSPS) is 11.5. The van der Waals surface area contributed by atoms with Crippen molar-refractivity contribution in [3.63, 3.8) is 0 Å². The Labute approximate surface area is 159 Å². The van der Waals surface area contributed by atoms with Crippen molar-refractivity contribution in [3.05, 3.63) is 63.6 Å². The van der Waals surface area contributed by atoms with Gasteiger partial charge in [0.15, 0.2) is 0 Å². The summed E-state index contributed by atoms with van der Waals surface area (Å²) in [5.74, 6) is 0. The Morgan fingerprint density at radius 1 is 1.04 bits per heavy atom. The van der Waals surface area contributed by atoms with Crippen LogP contribution in [0.4, 0.5) is 5.69 Å². The molecule has 0 radical (unpaired) electrons. The number of benzene rings is 2. The van der Waals surface area contributed by atoms with Crippen LogP contribution in [0, 0.1) is 0 Å². The molecule has 0 aromatic heterocycles. The number of nitrogens with one attached hydrogen (secondary N) is 1. The van der Waals surface area contributed by atoms with Crippen molar-refractivity contribution in [3.8, 4) is 0 Å². The number of anilines is 1. The highest BCUT2D eigenvalue weighted by Gasteiger charge is 2.22. The van der Waals surface area contributed by atoms with Crippen LogP contribution >= 0.6 is 23.2 Å². The van der Waals surface area contributed by atoms with Crippen LogP contribution in [-0.2, 0) is 9.31 Å². The third kappa shape index (κ3) is 5.22. The summed E-state index contributed by atoms with van der Waals surface area (Å²) >= 11 is 12.7. The minimum Gasteiger partial charge on any atom is -0.391 e. The van der Waals surface area contributed by atoms with E-state index >= 15 is 0 Å². The highest BCUT2D eigenvalue weighted by atomic mass is 35.5. The van der Waals surface area contributed by atoms with E-state index in [-0.39, 0.29) is 0 Å². The number of rotatable bonds is 8. The van der Waals surface area contributed by atoms with E-state index in [0.717, 1.165) is 16.8 Å². The lowest BCUT2D eigenvalue weighted by molar-refractivity contribution is 0.215. The maximum Gasteiger partial charge on any atom is 0.612 e. The highest BCUT2D eigenvalue weighted by molar-refractivity contribution is 6.47. The van der Waals surface area contributed by atoms with Gasteiger partial charge in [-0.2, -0.15) is 0 Å². The van der Waals surface area contributed by atoms with Crippen molar-refractivity contribution >= 4 is 41.9 Å². The maximum absolute atomic E-state index is 6.43. The smallest absolute Gasteiger partial charge is 0.391 e. The largest absolute Gasteiger partial charge is 0.612 e. The van der Waals surface area contributed by atoms with E-state index in [0.29, 0.717) is 29.0 Å². The molecule has 0 unspecified atom stereocenters. The van der Waals surface area contributed by atoms with E-state index < -0.39 is 7.25 Å². The second kappa shape index (κ2) is 9.83. The van der Waals surface area contributed by atoms with Gasteiger partial charge in [-0.25, -0.2) is 0 Å². The van der Waals surface area contributed by atoms with Crippen LogP contribution in [-0.4, -0.2) is 33.2 Å². The Kier molecular flexibility index (Phi) is 7.78. The van der Waals surface area contributed by atoms with Gasteiger partial charge in [0, 0.05) is 47.1 Å². The molecule has 2 rings (SSSR count). The second-order valence-corrected chi connectivity index (χ2v) is 5.96. The summed E-state index contributed by atoms with van der Waals surface area (Å²) in [5, 5.41) is 4.37. The molecule has 2 aromatic carbocycles. The molecule has 7 heteroatoms. The molecule has 0 amide bonds. The topological polar surface area (TPSA) is 42.8 Å². The van der Waals surface area contributed by atoms with Crippen LogP contribution < -0.4 is 5.32 Å². The molecule has 1 N–H and O–H groups in total. The predicted octanol–water partition coefficient (Wildman–Crippen LogP) is 4.93. The fourth-order valence-electron chi connectivity index (χ4n) is 2.38. The average Bonchev–Trinajstić information content (AvgIpc) is 2.60. The first-order chi connectivity index (χ1) is 12.1. The summed E-state index contributed by atoms with van der Waals surface area (Å²) in [4.78, 5) is 4.70. The predicted molar refractivity (Wildman–Crippen MR) is 107 cm³/mol. The second-order valence-electron chi connectivity index (χ2n) is 5.12. The van der Waals surface area contributed by atoms with E-state index in [1.807, 2.05) is 63.4 Å². The zero-order valence-corrected chi connectivity index (χ0v) is 16.1. The molecule has 0 aliphatic heterocycles. The van der Waals surface area contributed by atoms with Gasteiger partial charge >= 0.3 is 7.25 Å². The van der Waals surface area contributed by atoms with Crippen molar-refractivity contribution in [2.45, 2.75) is 13.8 Å². The van der Waals surface area contributed by atoms with E-state index in [9.17, 15) is 0 Å². The molecular weight excluding hydrogens is 358 g/mol. The number of nitrogens with zero attached hydrogens (tertiary/aromatic N) is 1. The molecular formula is C18H21BCl2N2O2. The van der Waals surface area contributed by atoms with E-state index in [4.69, 9.17) is 37.4 Å². The Hall–Kier alpha value is -1.53. The van der Waals surface area contributed by atoms with Gasteiger partial charge in [-0.15, -0.1) is 0 Å². The van der Waals surface area contributed by atoms with Crippen molar-refractivity contribution in [2.24, 2.45) is 4.90 Å². The molecule has 0 heterocycles. The lowest BCUT2D eigenvalue weighted by atomic mass is 9.97. The van der Waals surface area contributed by atoms with Gasteiger partial charge in [0.25, 0.3) is 0 Å². The van der Waals surface area contributed by atoms with E-state index in [1.165, 1.54) is 0 Å².